The number of nitrogens with one attached hydrogen (secondary N) is 1. The van der Waals surface area contributed by atoms with E-state index in [1.165, 1.54) is 0 Å². The second-order valence-corrected chi connectivity index (χ2v) is 5.42. The van der Waals surface area contributed by atoms with Crippen LogP contribution in [-0.2, 0) is 0 Å². The van der Waals surface area contributed by atoms with Crippen LogP contribution in [0.2, 0.25) is 0 Å². The highest BCUT2D eigenvalue weighted by molar-refractivity contribution is 5.89. The van der Waals surface area contributed by atoms with Gasteiger partial charge in [0.1, 0.15) is 5.75 Å². The molecule has 4 nitrogen and oxygen atoms in total. The minimum Gasteiger partial charge on any atom is -0.497 e. The number of para-hydroxylation sites is 1. The van der Waals surface area contributed by atoms with Crippen LogP contribution in [0.1, 0.15) is 24.4 Å². The molecule has 1 saturated heterocycles. The molecule has 0 saturated carbocycles. The molecule has 1 fully saturated rings. The molecule has 114 valence electrons. The standard InChI is InChI=1S/C18H20N2O2/c1-22-16-11-9-14(10-12-16)17-8-5-13-20(17)18(21)19-15-6-3-2-4-7-15/h2-4,6-7,9-12,17H,5,8,13H2,1H3,(H,19,21)/t17-/m0/s1. The highest BCUT2D eigenvalue weighted by Gasteiger charge is 2.29. The average molecular weight is 296 g/mol. The number of urea groups is 1. The number of methoxy groups -OCH3 is 1. The summed E-state index contributed by atoms with van der Waals surface area (Å²) in [6.45, 7) is 0.787. The second kappa shape index (κ2) is 6.52. The van der Waals surface area contributed by atoms with Crippen molar-refractivity contribution in [2.45, 2.75) is 18.9 Å². The summed E-state index contributed by atoms with van der Waals surface area (Å²) in [4.78, 5) is 14.4. The third kappa shape index (κ3) is 3.06. The zero-order valence-corrected chi connectivity index (χ0v) is 12.7. The Labute approximate surface area is 130 Å². The van der Waals surface area contributed by atoms with Gasteiger partial charge in [0, 0.05) is 12.2 Å². The first-order valence-corrected chi connectivity index (χ1v) is 7.54. The molecule has 0 unspecified atom stereocenters. The van der Waals surface area contributed by atoms with Crippen LogP contribution in [0.5, 0.6) is 5.75 Å². The summed E-state index contributed by atoms with van der Waals surface area (Å²) in [5, 5.41) is 2.97. The predicted octanol–water partition coefficient (Wildman–Crippen LogP) is 4.06. The maximum absolute atomic E-state index is 12.5. The third-order valence-corrected chi connectivity index (χ3v) is 4.04. The van der Waals surface area contributed by atoms with Crippen LogP contribution in [0.4, 0.5) is 10.5 Å². The van der Waals surface area contributed by atoms with Gasteiger partial charge in [0.2, 0.25) is 0 Å². The lowest BCUT2D eigenvalue weighted by molar-refractivity contribution is 0.207. The summed E-state index contributed by atoms with van der Waals surface area (Å²) in [7, 11) is 1.66. The molecule has 1 aliphatic rings. The molecule has 0 aliphatic carbocycles. The number of nitrogens with zero attached hydrogens (tertiary/aromatic N) is 1. The number of hydrogen-bond donors (Lipinski definition) is 1. The number of ether oxygens (including phenoxy) is 1. The number of benzene rings is 2. The maximum atomic E-state index is 12.5. The van der Waals surface area contributed by atoms with Gasteiger partial charge < -0.3 is 15.0 Å². The number of carbonyl (C=O) groups excluding carboxylic acids is 1. The number of hydrogen-bond acceptors (Lipinski definition) is 2. The summed E-state index contributed by atoms with van der Waals surface area (Å²) in [5.41, 5.74) is 1.98. The Kier molecular flexibility index (Phi) is 4.28. The first-order chi connectivity index (χ1) is 10.8. The second-order valence-electron chi connectivity index (χ2n) is 5.42. The van der Waals surface area contributed by atoms with Gasteiger partial charge in [-0.2, -0.15) is 0 Å². The minimum atomic E-state index is -0.0375. The molecule has 0 spiro atoms. The lowest BCUT2D eigenvalue weighted by atomic mass is 10.0. The van der Waals surface area contributed by atoms with Gasteiger partial charge in [-0.1, -0.05) is 30.3 Å². The molecule has 0 bridgehead atoms. The lowest BCUT2D eigenvalue weighted by Crippen LogP contribution is -2.34. The Morgan fingerprint density at radius 1 is 1.14 bits per heavy atom. The van der Waals surface area contributed by atoms with Gasteiger partial charge in [-0.3, -0.25) is 0 Å². The van der Waals surface area contributed by atoms with Gasteiger partial charge in [-0.05, 0) is 42.7 Å². The number of anilines is 1. The van der Waals surface area contributed by atoms with E-state index in [9.17, 15) is 4.79 Å². The van der Waals surface area contributed by atoms with Crippen molar-refractivity contribution in [1.82, 2.24) is 4.90 Å². The van der Waals surface area contributed by atoms with Crippen LogP contribution in [0.3, 0.4) is 0 Å². The Morgan fingerprint density at radius 2 is 1.86 bits per heavy atom. The SMILES string of the molecule is COc1ccc([C@@H]2CCCN2C(=O)Nc2ccccc2)cc1. The van der Waals surface area contributed by atoms with Gasteiger partial charge in [0.25, 0.3) is 0 Å². The van der Waals surface area contributed by atoms with Crippen molar-refractivity contribution in [3.05, 3.63) is 60.2 Å². The molecule has 4 heteroatoms. The van der Waals surface area contributed by atoms with E-state index in [-0.39, 0.29) is 12.1 Å². The van der Waals surface area contributed by atoms with Crippen LogP contribution >= 0.6 is 0 Å². The van der Waals surface area contributed by atoms with Gasteiger partial charge in [-0.15, -0.1) is 0 Å². The number of carbonyl (C=O) groups is 1. The maximum Gasteiger partial charge on any atom is 0.322 e. The van der Waals surface area contributed by atoms with Crippen LogP contribution in [0.15, 0.2) is 54.6 Å². The number of rotatable bonds is 3. The lowest BCUT2D eigenvalue weighted by Gasteiger charge is -2.25. The van der Waals surface area contributed by atoms with Crippen molar-refractivity contribution in [2.75, 3.05) is 19.0 Å². The predicted molar refractivity (Wildman–Crippen MR) is 87.1 cm³/mol. The van der Waals surface area contributed by atoms with E-state index < -0.39 is 0 Å². The average Bonchev–Trinajstić information content (AvgIpc) is 3.05. The fourth-order valence-corrected chi connectivity index (χ4v) is 2.90. The first kappa shape index (κ1) is 14.4. The van der Waals surface area contributed by atoms with Crippen LogP contribution < -0.4 is 10.1 Å². The molecule has 1 heterocycles. The fourth-order valence-electron chi connectivity index (χ4n) is 2.90. The number of amides is 2. The molecule has 1 atom stereocenters. The highest BCUT2D eigenvalue weighted by Crippen LogP contribution is 2.33. The van der Waals surface area contributed by atoms with Crippen LogP contribution in [0.25, 0.3) is 0 Å². The van der Waals surface area contributed by atoms with E-state index >= 15 is 0 Å². The van der Waals surface area contributed by atoms with Gasteiger partial charge >= 0.3 is 6.03 Å². The molecule has 2 amide bonds. The minimum absolute atomic E-state index is 0.0375. The van der Waals surface area contributed by atoms with E-state index in [1.807, 2.05) is 59.5 Å². The normalized spacial score (nSPS) is 17.3. The van der Waals surface area contributed by atoms with Crippen molar-refractivity contribution in [2.24, 2.45) is 0 Å². The molecule has 2 aromatic rings. The summed E-state index contributed by atoms with van der Waals surface area (Å²) in [6, 6.07) is 17.6. The Balaban J connectivity index is 1.73. The third-order valence-electron chi connectivity index (χ3n) is 4.04. The molecule has 0 aromatic heterocycles. The van der Waals surface area contributed by atoms with E-state index in [0.717, 1.165) is 36.4 Å². The smallest absolute Gasteiger partial charge is 0.322 e. The summed E-state index contributed by atoms with van der Waals surface area (Å²) in [5.74, 6) is 0.835. The topological polar surface area (TPSA) is 41.6 Å². The first-order valence-electron chi connectivity index (χ1n) is 7.54. The zero-order chi connectivity index (χ0) is 15.4. The van der Waals surface area contributed by atoms with Crippen LogP contribution in [0, 0.1) is 0 Å². The van der Waals surface area contributed by atoms with E-state index in [2.05, 4.69) is 5.32 Å². The molecule has 22 heavy (non-hydrogen) atoms. The van der Waals surface area contributed by atoms with E-state index in [4.69, 9.17) is 4.74 Å². The summed E-state index contributed by atoms with van der Waals surface area (Å²) < 4.78 is 5.19. The monoisotopic (exact) mass is 296 g/mol. The summed E-state index contributed by atoms with van der Waals surface area (Å²) in [6.07, 6.45) is 2.02. The van der Waals surface area contributed by atoms with E-state index in [0.29, 0.717) is 0 Å². The Bertz CT molecular complexity index is 625. The highest BCUT2D eigenvalue weighted by atomic mass is 16.5. The van der Waals surface area contributed by atoms with Crippen molar-refractivity contribution < 1.29 is 9.53 Å². The molecule has 1 N–H and O–H groups in total. The van der Waals surface area contributed by atoms with Gasteiger partial charge in [-0.25, -0.2) is 4.79 Å². The molecule has 0 radical (unpaired) electrons. The molecule has 3 rings (SSSR count). The summed E-state index contributed by atoms with van der Waals surface area (Å²) >= 11 is 0. The largest absolute Gasteiger partial charge is 0.497 e. The molecule has 2 aromatic carbocycles. The van der Waals surface area contributed by atoms with Crippen molar-refractivity contribution in [1.29, 1.82) is 0 Å². The van der Waals surface area contributed by atoms with Crippen molar-refractivity contribution in [3.8, 4) is 5.75 Å². The molecular weight excluding hydrogens is 276 g/mol. The van der Waals surface area contributed by atoms with Crippen molar-refractivity contribution >= 4 is 11.7 Å². The van der Waals surface area contributed by atoms with E-state index in [1.54, 1.807) is 7.11 Å². The molecular formula is C18H20N2O2. The van der Waals surface area contributed by atoms with Gasteiger partial charge in [0.15, 0.2) is 0 Å². The Hall–Kier alpha value is -2.49. The zero-order valence-electron chi connectivity index (χ0n) is 12.7. The van der Waals surface area contributed by atoms with Crippen LogP contribution in [-0.4, -0.2) is 24.6 Å². The molecule has 1 aliphatic heterocycles. The fraction of sp³-hybridized carbons (Fsp3) is 0.278. The number of likely N-dealkylation sites (tertiary alicyclic amines) is 1. The van der Waals surface area contributed by atoms with Crippen molar-refractivity contribution in [3.63, 3.8) is 0 Å². The quantitative estimate of drug-likeness (QED) is 0.928. The Morgan fingerprint density at radius 3 is 2.55 bits per heavy atom. The van der Waals surface area contributed by atoms with Gasteiger partial charge in [0.05, 0.1) is 13.2 Å².